The van der Waals surface area contributed by atoms with E-state index in [-0.39, 0.29) is 11.5 Å². The Kier molecular flexibility index (Phi) is 7.17. The van der Waals surface area contributed by atoms with Crippen LogP contribution < -0.4 is 5.32 Å². The lowest BCUT2D eigenvalue weighted by molar-refractivity contribution is -0.136. The summed E-state index contributed by atoms with van der Waals surface area (Å²) in [4.78, 5) is 11.5. The normalized spacial score (nSPS) is 12.3. The molecule has 1 N–H and O–H groups in total. The number of hydrogen-bond acceptors (Lipinski definition) is 3. The number of benzene rings is 1. The number of aryl methyl sites for hydroxylation is 1. The maximum absolute atomic E-state index is 11.5. The van der Waals surface area contributed by atoms with E-state index in [1.54, 1.807) is 0 Å². The molecule has 0 aromatic heterocycles. The van der Waals surface area contributed by atoms with E-state index in [9.17, 15) is 4.79 Å². The minimum absolute atomic E-state index is 0.0291. The minimum atomic E-state index is -0.235. The summed E-state index contributed by atoms with van der Waals surface area (Å²) in [5.74, 6) is -0.235. The minimum Gasteiger partial charge on any atom is -0.466 e. The molecular weight excluding hydrogens is 262 g/mol. The molecule has 0 amide bonds. The fourth-order valence-electron chi connectivity index (χ4n) is 2.14. The lowest BCUT2D eigenvalue weighted by atomic mass is 9.95. The van der Waals surface area contributed by atoms with Gasteiger partial charge in [-0.25, -0.2) is 4.79 Å². The van der Waals surface area contributed by atoms with Gasteiger partial charge >= 0.3 is 5.97 Å². The Morgan fingerprint density at radius 1 is 1.29 bits per heavy atom. The lowest BCUT2D eigenvalue weighted by Crippen LogP contribution is -2.39. The molecule has 3 nitrogen and oxygen atoms in total. The second-order valence-electron chi connectivity index (χ2n) is 5.82. The van der Waals surface area contributed by atoms with Crippen molar-refractivity contribution in [2.24, 2.45) is 0 Å². The summed E-state index contributed by atoms with van der Waals surface area (Å²) in [6.07, 6.45) is 4.71. The van der Waals surface area contributed by atoms with E-state index in [4.69, 9.17) is 4.74 Å². The first-order valence-electron chi connectivity index (χ1n) is 7.55. The molecule has 0 aliphatic carbocycles. The van der Waals surface area contributed by atoms with Crippen molar-refractivity contribution in [2.75, 3.05) is 13.7 Å². The number of hydrogen-bond donors (Lipinski definition) is 1. The molecule has 116 valence electrons. The SMILES string of the molecule is CC/C(=C/CNC(C)(C)CCc1ccccc1)C(=O)OC. The molecule has 0 fully saturated rings. The van der Waals surface area contributed by atoms with E-state index in [0.29, 0.717) is 13.0 Å². The number of methoxy groups -OCH3 is 1. The summed E-state index contributed by atoms with van der Waals surface area (Å²) in [5, 5.41) is 3.49. The summed E-state index contributed by atoms with van der Waals surface area (Å²) in [5.41, 5.74) is 2.11. The highest BCUT2D eigenvalue weighted by atomic mass is 16.5. The van der Waals surface area contributed by atoms with Crippen LogP contribution in [0.15, 0.2) is 42.0 Å². The fraction of sp³-hybridized carbons (Fsp3) is 0.500. The molecule has 0 aliphatic heterocycles. The van der Waals surface area contributed by atoms with Crippen molar-refractivity contribution >= 4 is 5.97 Å². The molecule has 0 heterocycles. The van der Waals surface area contributed by atoms with Crippen molar-refractivity contribution in [3.8, 4) is 0 Å². The van der Waals surface area contributed by atoms with E-state index >= 15 is 0 Å². The first-order chi connectivity index (χ1) is 9.98. The van der Waals surface area contributed by atoms with Gasteiger partial charge in [-0.15, -0.1) is 0 Å². The molecule has 0 saturated carbocycles. The Bertz CT molecular complexity index is 463. The average molecular weight is 289 g/mol. The Labute approximate surface area is 128 Å². The third kappa shape index (κ3) is 6.58. The monoisotopic (exact) mass is 289 g/mol. The highest BCUT2D eigenvalue weighted by molar-refractivity contribution is 5.88. The van der Waals surface area contributed by atoms with Crippen molar-refractivity contribution in [1.29, 1.82) is 0 Å². The zero-order valence-electron chi connectivity index (χ0n) is 13.6. The number of carbonyl (C=O) groups excluding carboxylic acids is 1. The smallest absolute Gasteiger partial charge is 0.333 e. The predicted octanol–water partition coefficient (Wildman–Crippen LogP) is 3.50. The van der Waals surface area contributed by atoms with Gasteiger partial charge in [0.05, 0.1) is 7.11 Å². The van der Waals surface area contributed by atoms with Crippen LogP contribution in [0, 0.1) is 0 Å². The van der Waals surface area contributed by atoms with Crippen LogP contribution in [-0.4, -0.2) is 25.2 Å². The van der Waals surface area contributed by atoms with Crippen LogP contribution in [0.2, 0.25) is 0 Å². The third-order valence-electron chi connectivity index (χ3n) is 3.64. The molecular formula is C18H27NO2. The molecule has 0 saturated heterocycles. The van der Waals surface area contributed by atoms with Gasteiger partial charge in [0.1, 0.15) is 0 Å². The van der Waals surface area contributed by atoms with Gasteiger partial charge in [-0.2, -0.15) is 0 Å². The van der Waals surface area contributed by atoms with Crippen LogP contribution in [0.25, 0.3) is 0 Å². The lowest BCUT2D eigenvalue weighted by Gasteiger charge is -2.26. The Balaban J connectivity index is 2.45. The van der Waals surface area contributed by atoms with Gasteiger partial charge < -0.3 is 10.1 Å². The Morgan fingerprint density at radius 2 is 1.95 bits per heavy atom. The number of esters is 1. The van der Waals surface area contributed by atoms with Gasteiger partial charge in [-0.3, -0.25) is 0 Å². The molecule has 0 aliphatic rings. The summed E-state index contributed by atoms with van der Waals surface area (Å²) in [6.45, 7) is 7.02. The summed E-state index contributed by atoms with van der Waals surface area (Å²) >= 11 is 0. The van der Waals surface area contributed by atoms with E-state index < -0.39 is 0 Å². The van der Waals surface area contributed by atoms with Crippen LogP contribution >= 0.6 is 0 Å². The number of ether oxygens (including phenoxy) is 1. The first kappa shape index (κ1) is 17.4. The molecule has 0 spiro atoms. The standard InChI is InChI=1S/C18H27NO2/c1-5-16(17(20)21-4)12-14-19-18(2,3)13-11-15-9-7-6-8-10-15/h6-10,12,19H,5,11,13-14H2,1-4H3/b16-12-. The number of rotatable bonds is 8. The molecule has 21 heavy (non-hydrogen) atoms. The van der Waals surface area contributed by atoms with Crippen molar-refractivity contribution in [2.45, 2.75) is 45.6 Å². The zero-order valence-corrected chi connectivity index (χ0v) is 13.6. The number of nitrogens with one attached hydrogen (secondary N) is 1. The largest absolute Gasteiger partial charge is 0.466 e. The molecule has 0 atom stereocenters. The maximum Gasteiger partial charge on any atom is 0.333 e. The topological polar surface area (TPSA) is 38.3 Å². The molecule has 1 aromatic carbocycles. The number of carbonyl (C=O) groups is 1. The highest BCUT2D eigenvalue weighted by Gasteiger charge is 2.16. The van der Waals surface area contributed by atoms with Gasteiger partial charge in [0.25, 0.3) is 0 Å². The zero-order chi connectivity index (χ0) is 15.7. The van der Waals surface area contributed by atoms with Crippen molar-refractivity contribution in [1.82, 2.24) is 5.32 Å². The molecule has 0 radical (unpaired) electrons. The summed E-state index contributed by atoms with van der Waals surface area (Å²) < 4.78 is 4.76. The van der Waals surface area contributed by atoms with Gasteiger partial charge in [-0.1, -0.05) is 43.3 Å². The molecule has 1 aromatic rings. The van der Waals surface area contributed by atoms with Crippen LogP contribution in [-0.2, 0) is 16.0 Å². The van der Waals surface area contributed by atoms with Crippen LogP contribution in [0.4, 0.5) is 0 Å². The van der Waals surface area contributed by atoms with Crippen LogP contribution in [0.3, 0.4) is 0 Å². The van der Waals surface area contributed by atoms with Crippen molar-refractivity contribution in [3.63, 3.8) is 0 Å². The van der Waals surface area contributed by atoms with E-state index in [0.717, 1.165) is 18.4 Å². The Hall–Kier alpha value is -1.61. The van der Waals surface area contributed by atoms with Crippen molar-refractivity contribution < 1.29 is 9.53 Å². The predicted molar refractivity (Wildman–Crippen MR) is 87.2 cm³/mol. The van der Waals surface area contributed by atoms with Gasteiger partial charge in [0, 0.05) is 17.7 Å². The second kappa shape index (κ2) is 8.63. The van der Waals surface area contributed by atoms with Gasteiger partial charge in [0.2, 0.25) is 0 Å². The summed E-state index contributed by atoms with van der Waals surface area (Å²) in [7, 11) is 1.42. The fourth-order valence-corrected chi connectivity index (χ4v) is 2.14. The molecule has 0 bridgehead atoms. The molecule has 0 unspecified atom stereocenters. The summed E-state index contributed by atoms with van der Waals surface area (Å²) in [6, 6.07) is 10.5. The maximum atomic E-state index is 11.5. The quantitative estimate of drug-likeness (QED) is 0.588. The Morgan fingerprint density at radius 3 is 2.52 bits per heavy atom. The third-order valence-corrected chi connectivity index (χ3v) is 3.64. The first-order valence-corrected chi connectivity index (χ1v) is 7.55. The second-order valence-corrected chi connectivity index (χ2v) is 5.82. The highest BCUT2D eigenvalue weighted by Crippen LogP contribution is 2.13. The van der Waals surface area contributed by atoms with Gasteiger partial charge in [-0.05, 0) is 38.7 Å². The van der Waals surface area contributed by atoms with Gasteiger partial charge in [0.15, 0.2) is 0 Å². The average Bonchev–Trinajstić information content (AvgIpc) is 2.50. The van der Waals surface area contributed by atoms with E-state index in [1.807, 2.05) is 19.1 Å². The van der Waals surface area contributed by atoms with Crippen molar-refractivity contribution in [3.05, 3.63) is 47.5 Å². The van der Waals surface area contributed by atoms with E-state index in [2.05, 4.69) is 43.4 Å². The molecule has 1 rings (SSSR count). The van der Waals surface area contributed by atoms with Crippen LogP contribution in [0.1, 0.15) is 39.2 Å². The van der Waals surface area contributed by atoms with Crippen LogP contribution in [0.5, 0.6) is 0 Å². The molecule has 3 heteroatoms. The van der Waals surface area contributed by atoms with E-state index in [1.165, 1.54) is 12.7 Å².